The molecule has 1 unspecified atom stereocenters. The van der Waals surface area contributed by atoms with Crippen LogP contribution in [0.4, 0.5) is 0 Å². The van der Waals surface area contributed by atoms with E-state index in [-0.39, 0.29) is 0 Å². The first-order valence-electron chi connectivity index (χ1n) is 4.58. The molecule has 0 saturated heterocycles. The van der Waals surface area contributed by atoms with Crippen molar-refractivity contribution in [1.29, 1.82) is 0 Å². The molecule has 1 aromatic rings. The zero-order valence-electron chi connectivity index (χ0n) is 7.72. The predicted octanol–water partition coefficient (Wildman–Crippen LogP) is 2.03. The van der Waals surface area contributed by atoms with Crippen LogP contribution in [-0.4, -0.2) is 6.04 Å². The van der Waals surface area contributed by atoms with Gasteiger partial charge in [0.2, 0.25) is 0 Å². The van der Waals surface area contributed by atoms with Crippen LogP contribution in [0.5, 0.6) is 0 Å². The summed E-state index contributed by atoms with van der Waals surface area (Å²) < 4.78 is 0. The van der Waals surface area contributed by atoms with Gasteiger partial charge in [0.25, 0.3) is 0 Å². The summed E-state index contributed by atoms with van der Waals surface area (Å²) in [7, 11) is 0. The van der Waals surface area contributed by atoms with Gasteiger partial charge in [-0.1, -0.05) is 18.2 Å². The molecule has 0 bridgehead atoms. The Morgan fingerprint density at radius 1 is 1.42 bits per heavy atom. The van der Waals surface area contributed by atoms with Crippen LogP contribution < -0.4 is 5.32 Å². The fourth-order valence-electron chi connectivity index (χ4n) is 1.89. The van der Waals surface area contributed by atoms with E-state index in [9.17, 15) is 0 Å². The van der Waals surface area contributed by atoms with Crippen molar-refractivity contribution in [2.24, 2.45) is 0 Å². The summed E-state index contributed by atoms with van der Waals surface area (Å²) in [4.78, 5) is 0. The first kappa shape index (κ1) is 7.81. The lowest BCUT2D eigenvalue weighted by Crippen LogP contribution is -2.33. The lowest BCUT2D eigenvalue weighted by molar-refractivity contribution is 0.512. The maximum absolute atomic E-state index is 3.48. The molecule has 0 fully saturated rings. The summed E-state index contributed by atoms with van der Waals surface area (Å²) in [6.45, 7) is 5.48. The lowest BCUT2D eigenvalue weighted by Gasteiger charge is -2.24. The molecule has 1 N–H and O–H groups in total. The van der Waals surface area contributed by atoms with Gasteiger partial charge in [-0.25, -0.2) is 0 Å². The van der Waals surface area contributed by atoms with E-state index in [4.69, 9.17) is 0 Å². The minimum absolute atomic E-state index is 0.638. The van der Waals surface area contributed by atoms with Crippen LogP contribution >= 0.6 is 0 Å². The standard InChI is InChI=1S/C11H15N/c1-8-4-3-5-10-6-9(2)12-7-11(8)10/h3-5,9,12H,6-7H2,1-2H3. The molecule has 2 rings (SSSR count). The summed E-state index contributed by atoms with van der Waals surface area (Å²) >= 11 is 0. The van der Waals surface area contributed by atoms with Crippen LogP contribution in [0.15, 0.2) is 18.2 Å². The van der Waals surface area contributed by atoms with Crippen LogP contribution in [-0.2, 0) is 13.0 Å². The number of aryl methyl sites for hydroxylation is 1. The van der Waals surface area contributed by atoms with Crippen molar-refractivity contribution in [2.45, 2.75) is 32.9 Å². The smallest absolute Gasteiger partial charge is 0.0213 e. The van der Waals surface area contributed by atoms with E-state index in [1.165, 1.54) is 23.1 Å². The Balaban J connectivity index is 2.42. The van der Waals surface area contributed by atoms with Gasteiger partial charge in [-0.05, 0) is 37.0 Å². The number of fused-ring (bicyclic) bond motifs is 1. The van der Waals surface area contributed by atoms with Crippen LogP contribution in [0.3, 0.4) is 0 Å². The molecular formula is C11H15N. The highest BCUT2D eigenvalue weighted by Gasteiger charge is 2.14. The van der Waals surface area contributed by atoms with Crippen LogP contribution in [0.25, 0.3) is 0 Å². The highest BCUT2D eigenvalue weighted by molar-refractivity contribution is 5.36. The third-order valence-corrected chi connectivity index (χ3v) is 2.66. The maximum atomic E-state index is 3.48. The van der Waals surface area contributed by atoms with Crippen LogP contribution in [0.1, 0.15) is 23.6 Å². The monoisotopic (exact) mass is 161 g/mol. The Kier molecular flexibility index (Phi) is 1.89. The number of hydrogen-bond donors (Lipinski definition) is 1. The maximum Gasteiger partial charge on any atom is 0.0213 e. The summed E-state index contributed by atoms with van der Waals surface area (Å²) in [6.07, 6.45) is 1.18. The average molecular weight is 161 g/mol. The van der Waals surface area contributed by atoms with Crippen molar-refractivity contribution < 1.29 is 0 Å². The Bertz CT molecular complexity index is 291. The molecule has 0 radical (unpaired) electrons. The lowest BCUT2D eigenvalue weighted by atomic mass is 9.93. The third kappa shape index (κ3) is 1.25. The highest BCUT2D eigenvalue weighted by Crippen LogP contribution is 2.19. The quantitative estimate of drug-likeness (QED) is 0.614. The second-order valence-corrected chi connectivity index (χ2v) is 3.70. The molecule has 1 heteroatoms. The summed E-state index contributed by atoms with van der Waals surface area (Å²) in [5.74, 6) is 0. The molecule has 1 aromatic carbocycles. The summed E-state index contributed by atoms with van der Waals surface area (Å²) in [6, 6.07) is 7.24. The van der Waals surface area contributed by atoms with Gasteiger partial charge in [0.1, 0.15) is 0 Å². The van der Waals surface area contributed by atoms with Gasteiger partial charge in [-0.3, -0.25) is 0 Å². The largest absolute Gasteiger partial charge is 0.310 e. The SMILES string of the molecule is Cc1cccc2c1CNC(C)C2. The molecule has 0 spiro atoms. The van der Waals surface area contributed by atoms with Crippen molar-refractivity contribution in [1.82, 2.24) is 5.32 Å². The van der Waals surface area contributed by atoms with E-state index in [1.54, 1.807) is 0 Å². The first-order chi connectivity index (χ1) is 5.77. The molecule has 0 amide bonds. The Labute approximate surface area is 73.8 Å². The van der Waals surface area contributed by atoms with Gasteiger partial charge < -0.3 is 5.32 Å². The number of nitrogens with one attached hydrogen (secondary N) is 1. The van der Waals surface area contributed by atoms with Gasteiger partial charge >= 0.3 is 0 Å². The number of benzene rings is 1. The van der Waals surface area contributed by atoms with Crippen molar-refractivity contribution >= 4 is 0 Å². The van der Waals surface area contributed by atoms with Gasteiger partial charge in [-0.2, -0.15) is 0 Å². The highest BCUT2D eigenvalue weighted by atomic mass is 14.9. The number of rotatable bonds is 0. The molecule has 0 aromatic heterocycles. The van der Waals surface area contributed by atoms with Gasteiger partial charge in [-0.15, -0.1) is 0 Å². The third-order valence-electron chi connectivity index (χ3n) is 2.66. The molecule has 1 heterocycles. The fraction of sp³-hybridized carbons (Fsp3) is 0.455. The predicted molar refractivity (Wildman–Crippen MR) is 51.2 cm³/mol. The van der Waals surface area contributed by atoms with Crippen LogP contribution in [0, 0.1) is 6.92 Å². The minimum atomic E-state index is 0.638. The molecule has 1 aliphatic heterocycles. The zero-order chi connectivity index (χ0) is 8.55. The summed E-state index contributed by atoms with van der Waals surface area (Å²) in [5, 5.41) is 3.48. The van der Waals surface area contributed by atoms with Crippen molar-refractivity contribution in [3.8, 4) is 0 Å². The molecule has 1 nitrogen and oxygen atoms in total. The topological polar surface area (TPSA) is 12.0 Å². The van der Waals surface area contributed by atoms with Gasteiger partial charge in [0.15, 0.2) is 0 Å². The first-order valence-corrected chi connectivity index (χ1v) is 4.58. The molecule has 0 aliphatic carbocycles. The van der Waals surface area contributed by atoms with E-state index in [2.05, 4.69) is 37.4 Å². The average Bonchev–Trinajstić information content (AvgIpc) is 2.04. The van der Waals surface area contributed by atoms with E-state index >= 15 is 0 Å². The second kappa shape index (κ2) is 2.91. The normalized spacial score (nSPS) is 22.0. The fourth-order valence-corrected chi connectivity index (χ4v) is 1.89. The summed E-state index contributed by atoms with van der Waals surface area (Å²) in [5.41, 5.74) is 4.46. The zero-order valence-corrected chi connectivity index (χ0v) is 7.72. The van der Waals surface area contributed by atoms with Gasteiger partial charge in [0.05, 0.1) is 0 Å². The van der Waals surface area contributed by atoms with Crippen LogP contribution in [0.2, 0.25) is 0 Å². The Morgan fingerprint density at radius 2 is 2.25 bits per heavy atom. The van der Waals surface area contributed by atoms with Crippen molar-refractivity contribution in [2.75, 3.05) is 0 Å². The van der Waals surface area contributed by atoms with E-state index in [0.717, 1.165) is 6.54 Å². The van der Waals surface area contributed by atoms with Gasteiger partial charge in [0, 0.05) is 12.6 Å². The molecule has 64 valence electrons. The second-order valence-electron chi connectivity index (χ2n) is 3.70. The Hall–Kier alpha value is -0.820. The van der Waals surface area contributed by atoms with Crippen molar-refractivity contribution in [3.05, 3.63) is 34.9 Å². The Morgan fingerprint density at radius 3 is 3.08 bits per heavy atom. The molecule has 1 atom stereocenters. The van der Waals surface area contributed by atoms with Crippen molar-refractivity contribution in [3.63, 3.8) is 0 Å². The molecular weight excluding hydrogens is 146 g/mol. The van der Waals surface area contributed by atoms with E-state index in [0.29, 0.717) is 6.04 Å². The molecule has 0 saturated carbocycles. The molecule has 1 aliphatic rings. The van der Waals surface area contributed by atoms with E-state index < -0.39 is 0 Å². The minimum Gasteiger partial charge on any atom is -0.310 e. The number of hydrogen-bond acceptors (Lipinski definition) is 1. The van der Waals surface area contributed by atoms with E-state index in [1.807, 2.05) is 0 Å². The molecule has 12 heavy (non-hydrogen) atoms.